The molecule has 0 radical (unpaired) electrons. The molecule has 2 aromatic rings. The molecule has 0 saturated carbocycles. The molecule has 1 aliphatic heterocycles. The van der Waals surface area contributed by atoms with Gasteiger partial charge in [0.1, 0.15) is 0 Å². The average molecular weight is 313 g/mol. The third kappa shape index (κ3) is 3.23. The summed E-state index contributed by atoms with van der Waals surface area (Å²) in [4.78, 5) is 28.0. The first-order valence-corrected chi connectivity index (χ1v) is 7.75. The smallest absolute Gasteiger partial charge is 0.255 e. The van der Waals surface area contributed by atoms with Crippen molar-refractivity contribution in [2.24, 2.45) is 0 Å². The van der Waals surface area contributed by atoms with Gasteiger partial charge in [-0.3, -0.25) is 9.59 Å². The molecule has 1 fully saturated rings. The summed E-state index contributed by atoms with van der Waals surface area (Å²) in [6.07, 6.45) is 5.04. The highest BCUT2D eigenvalue weighted by atomic mass is 16.2. The summed E-state index contributed by atoms with van der Waals surface area (Å²) in [6.45, 7) is 2.45. The summed E-state index contributed by atoms with van der Waals surface area (Å²) in [6, 6.07) is 5.53. The second-order valence-corrected chi connectivity index (χ2v) is 5.47. The molecule has 2 amide bonds. The van der Waals surface area contributed by atoms with Crippen molar-refractivity contribution < 1.29 is 9.59 Å². The highest BCUT2D eigenvalue weighted by molar-refractivity contribution is 5.95. The van der Waals surface area contributed by atoms with Gasteiger partial charge in [0.05, 0.1) is 17.5 Å². The number of rotatable bonds is 4. The van der Waals surface area contributed by atoms with Crippen LogP contribution in [0.1, 0.15) is 35.8 Å². The van der Waals surface area contributed by atoms with E-state index < -0.39 is 0 Å². The predicted octanol–water partition coefficient (Wildman–Crippen LogP) is 0.838. The fourth-order valence-corrected chi connectivity index (χ4v) is 2.70. The largest absolute Gasteiger partial charge is 0.354 e. The topological polar surface area (TPSA) is 88.9 Å². The van der Waals surface area contributed by atoms with Gasteiger partial charge in [-0.15, -0.1) is 0 Å². The predicted molar refractivity (Wildman–Crippen MR) is 84.2 cm³/mol. The van der Waals surface area contributed by atoms with E-state index in [1.807, 2.05) is 25.1 Å². The van der Waals surface area contributed by atoms with Crippen molar-refractivity contribution in [2.75, 3.05) is 6.54 Å². The van der Waals surface area contributed by atoms with Crippen LogP contribution >= 0.6 is 0 Å². The summed E-state index contributed by atoms with van der Waals surface area (Å²) in [5, 5.41) is 10.0. The van der Waals surface area contributed by atoms with E-state index in [9.17, 15) is 9.59 Å². The highest BCUT2D eigenvalue weighted by Crippen LogP contribution is 2.15. The number of nitrogens with one attached hydrogen (secondary N) is 2. The lowest BCUT2D eigenvalue weighted by molar-refractivity contribution is -0.122. The van der Waals surface area contributed by atoms with Gasteiger partial charge in [0, 0.05) is 25.2 Å². The molecular formula is C16H19N5O2. The Morgan fingerprint density at radius 1 is 1.48 bits per heavy atom. The zero-order valence-corrected chi connectivity index (χ0v) is 13.0. The average Bonchev–Trinajstić information content (AvgIpc) is 3.02. The molecule has 1 atom stereocenters. The van der Waals surface area contributed by atoms with E-state index in [4.69, 9.17) is 0 Å². The molecule has 23 heavy (non-hydrogen) atoms. The monoisotopic (exact) mass is 313 g/mol. The molecule has 0 bridgehead atoms. The first-order valence-electron chi connectivity index (χ1n) is 7.75. The molecule has 2 aromatic heterocycles. The van der Waals surface area contributed by atoms with Crippen LogP contribution < -0.4 is 10.6 Å². The minimum Gasteiger partial charge on any atom is -0.354 e. The summed E-state index contributed by atoms with van der Waals surface area (Å²) in [5.74, 6) is 0.561. The van der Waals surface area contributed by atoms with E-state index >= 15 is 0 Å². The van der Waals surface area contributed by atoms with Crippen LogP contribution in [0.4, 0.5) is 0 Å². The third-order valence-electron chi connectivity index (χ3n) is 3.92. The van der Waals surface area contributed by atoms with Gasteiger partial charge in [0.25, 0.3) is 5.91 Å². The molecule has 0 spiro atoms. The van der Waals surface area contributed by atoms with Crippen molar-refractivity contribution in [3.05, 3.63) is 41.9 Å². The van der Waals surface area contributed by atoms with Gasteiger partial charge in [-0.1, -0.05) is 13.0 Å². The second-order valence-electron chi connectivity index (χ2n) is 5.47. The van der Waals surface area contributed by atoms with E-state index in [0.717, 1.165) is 5.69 Å². The molecular weight excluding hydrogens is 294 g/mol. The van der Waals surface area contributed by atoms with Crippen LogP contribution in [-0.4, -0.2) is 39.2 Å². The molecule has 3 rings (SSSR count). The SMILES string of the molecule is CCc1c(C(=O)NC2CCC(=O)NC2)cnn1-c1ccccn1. The van der Waals surface area contributed by atoms with Crippen molar-refractivity contribution in [1.82, 2.24) is 25.4 Å². The zero-order chi connectivity index (χ0) is 16.2. The fraction of sp³-hybridized carbons (Fsp3) is 0.375. The zero-order valence-electron chi connectivity index (χ0n) is 13.0. The highest BCUT2D eigenvalue weighted by Gasteiger charge is 2.23. The van der Waals surface area contributed by atoms with Crippen LogP contribution in [0.25, 0.3) is 5.82 Å². The Morgan fingerprint density at radius 2 is 2.35 bits per heavy atom. The summed E-state index contributed by atoms with van der Waals surface area (Å²) in [5.41, 5.74) is 1.37. The Balaban J connectivity index is 1.79. The molecule has 0 aliphatic carbocycles. The molecule has 1 aliphatic rings. The summed E-state index contributed by atoms with van der Waals surface area (Å²) < 4.78 is 1.69. The van der Waals surface area contributed by atoms with Gasteiger partial charge >= 0.3 is 0 Å². The van der Waals surface area contributed by atoms with E-state index in [-0.39, 0.29) is 17.9 Å². The van der Waals surface area contributed by atoms with Gasteiger partial charge in [-0.05, 0) is 25.0 Å². The van der Waals surface area contributed by atoms with Gasteiger partial charge in [0.15, 0.2) is 5.82 Å². The number of amides is 2. The number of aromatic nitrogens is 3. The van der Waals surface area contributed by atoms with Crippen molar-refractivity contribution in [3.63, 3.8) is 0 Å². The summed E-state index contributed by atoms with van der Waals surface area (Å²) in [7, 11) is 0. The van der Waals surface area contributed by atoms with E-state index in [0.29, 0.717) is 37.2 Å². The van der Waals surface area contributed by atoms with Crippen LogP contribution in [0, 0.1) is 0 Å². The molecule has 7 heteroatoms. The number of hydrogen-bond donors (Lipinski definition) is 2. The molecule has 120 valence electrons. The maximum Gasteiger partial charge on any atom is 0.255 e. The van der Waals surface area contributed by atoms with Crippen molar-refractivity contribution in [3.8, 4) is 5.82 Å². The standard InChI is InChI=1S/C16H19N5O2/c1-2-13-12(10-19-21(13)14-5-3-4-8-17-14)16(23)20-11-6-7-15(22)18-9-11/h3-5,8,10-11H,2,6-7,9H2,1H3,(H,18,22)(H,20,23). The van der Waals surface area contributed by atoms with E-state index in [2.05, 4.69) is 20.7 Å². The number of piperidine rings is 1. The van der Waals surface area contributed by atoms with Crippen molar-refractivity contribution in [1.29, 1.82) is 0 Å². The van der Waals surface area contributed by atoms with E-state index in [1.165, 1.54) is 0 Å². The van der Waals surface area contributed by atoms with Crippen LogP contribution in [0.15, 0.2) is 30.6 Å². The Hall–Kier alpha value is -2.70. The fourth-order valence-electron chi connectivity index (χ4n) is 2.70. The van der Waals surface area contributed by atoms with Crippen LogP contribution in [0.2, 0.25) is 0 Å². The maximum absolute atomic E-state index is 12.5. The van der Waals surface area contributed by atoms with Crippen LogP contribution in [0.5, 0.6) is 0 Å². The second kappa shape index (κ2) is 6.60. The normalized spacial score (nSPS) is 17.6. The minimum absolute atomic E-state index is 0.0349. The lowest BCUT2D eigenvalue weighted by atomic mass is 10.1. The van der Waals surface area contributed by atoms with Crippen molar-refractivity contribution >= 4 is 11.8 Å². The Labute approximate surface area is 134 Å². The molecule has 1 saturated heterocycles. The number of nitrogens with zero attached hydrogens (tertiary/aromatic N) is 3. The Morgan fingerprint density at radius 3 is 3.00 bits per heavy atom. The van der Waals surface area contributed by atoms with Crippen LogP contribution in [-0.2, 0) is 11.2 Å². The number of pyridine rings is 1. The van der Waals surface area contributed by atoms with Gasteiger partial charge in [-0.2, -0.15) is 5.10 Å². The van der Waals surface area contributed by atoms with Gasteiger partial charge < -0.3 is 10.6 Å². The van der Waals surface area contributed by atoms with Gasteiger partial charge in [-0.25, -0.2) is 9.67 Å². The Bertz CT molecular complexity index is 701. The van der Waals surface area contributed by atoms with Crippen molar-refractivity contribution in [2.45, 2.75) is 32.2 Å². The first-order chi connectivity index (χ1) is 11.2. The molecule has 0 aromatic carbocycles. The molecule has 7 nitrogen and oxygen atoms in total. The first kappa shape index (κ1) is 15.2. The molecule has 1 unspecified atom stereocenters. The van der Waals surface area contributed by atoms with Crippen LogP contribution in [0.3, 0.4) is 0 Å². The number of carbonyl (C=O) groups is 2. The van der Waals surface area contributed by atoms with Gasteiger partial charge in [0.2, 0.25) is 5.91 Å². The lowest BCUT2D eigenvalue weighted by Crippen LogP contribution is -2.47. The maximum atomic E-state index is 12.5. The third-order valence-corrected chi connectivity index (χ3v) is 3.92. The lowest BCUT2D eigenvalue weighted by Gasteiger charge is -2.23. The minimum atomic E-state index is -0.162. The molecule has 2 N–H and O–H groups in total. The molecule has 3 heterocycles. The summed E-state index contributed by atoms with van der Waals surface area (Å²) >= 11 is 0. The number of hydrogen-bond acceptors (Lipinski definition) is 4. The van der Waals surface area contributed by atoms with E-state index in [1.54, 1.807) is 17.1 Å². The number of carbonyl (C=O) groups excluding carboxylic acids is 2. The quantitative estimate of drug-likeness (QED) is 0.875. The Kier molecular flexibility index (Phi) is 4.36.